The van der Waals surface area contributed by atoms with Gasteiger partial charge in [-0.3, -0.25) is 9.36 Å². The zero-order valence-electron chi connectivity index (χ0n) is 12.6. The van der Waals surface area contributed by atoms with Gasteiger partial charge in [-0.05, 0) is 24.1 Å². The van der Waals surface area contributed by atoms with Crippen molar-refractivity contribution in [2.24, 2.45) is 0 Å². The van der Waals surface area contributed by atoms with Gasteiger partial charge in [0.05, 0.1) is 0 Å². The van der Waals surface area contributed by atoms with Crippen molar-refractivity contribution >= 4 is 34.1 Å². The third-order valence-electron chi connectivity index (χ3n) is 3.01. The Hall–Kier alpha value is -2.26. The van der Waals surface area contributed by atoms with E-state index in [4.69, 9.17) is 0 Å². The molecule has 0 aromatic carbocycles. The van der Waals surface area contributed by atoms with Crippen LogP contribution in [0.4, 0.5) is 5.13 Å². The van der Waals surface area contributed by atoms with Gasteiger partial charge >= 0.3 is 0 Å². The molecule has 0 unspecified atom stereocenters. The molecule has 0 bridgehead atoms. The third-order valence-corrected chi connectivity index (χ3v) is 5.04. The number of carbonyl (C=O) groups is 1. The maximum atomic E-state index is 11.0. The molecule has 0 atom stereocenters. The molecule has 3 aromatic heterocycles. The summed E-state index contributed by atoms with van der Waals surface area (Å²) >= 11 is 2.94. The van der Waals surface area contributed by atoms with Gasteiger partial charge in [0, 0.05) is 31.3 Å². The number of rotatable bonds is 5. The highest BCUT2D eigenvalue weighted by Gasteiger charge is 2.08. The molecule has 0 aliphatic carbocycles. The van der Waals surface area contributed by atoms with E-state index in [2.05, 4.69) is 32.4 Å². The normalized spacial score (nSPS) is 10.7. The van der Waals surface area contributed by atoms with E-state index in [0.29, 0.717) is 5.13 Å². The van der Waals surface area contributed by atoms with Crippen LogP contribution in [0.5, 0.6) is 0 Å². The first kappa shape index (κ1) is 15.6. The Kier molecular flexibility index (Phi) is 4.68. The molecule has 118 valence electrons. The largest absolute Gasteiger partial charge is 0.301 e. The standard InChI is InChI=1S/C14H14N6OS2/c1-9-5-12(20-4-3-15-8-20)16-6-11(9)7-22-14-19-18-13(23-14)17-10(2)21/h3-6,8H,7H2,1-2H3,(H,17,18,21). The van der Waals surface area contributed by atoms with Crippen LogP contribution in [-0.4, -0.2) is 30.6 Å². The van der Waals surface area contributed by atoms with Crippen molar-refractivity contribution in [1.29, 1.82) is 0 Å². The maximum Gasteiger partial charge on any atom is 0.223 e. The number of pyridine rings is 1. The number of aryl methyl sites for hydroxylation is 1. The fourth-order valence-corrected chi connectivity index (χ4v) is 3.72. The summed E-state index contributed by atoms with van der Waals surface area (Å²) in [5.41, 5.74) is 2.29. The van der Waals surface area contributed by atoms with Gasteiger partial charge in [0.15, 0.2) is 4.34 Å². The Balaban J connectivity index is 1.66. The van der Waals surface area contributed by atoms with Gasteiger partial charge < -0.3 is 5.32 Å². The van der Waals surface area contributed by atoms with Crippen molar-refractivity contribution in [1.82, 2.24) is 24.7 Å². The number of aromatic nitrogens is 5. The van der Waals surface area contributed by atoms with E-state index in [0.717, 1.165) is 27.0 Å². The lowest BCUT2D eigenvalue weighted by atomic mass is 10.2. The second-order valence-corrected chi connectivity index (χ2v) is 6.98. The fourth-order valence-electron chi connectivity index (χ4n) is 1.87. The molecule has 7 nitrogen and oxygen atoms in total. The number of hydrogen-bond donors (Lipinski definition) is 1. The Morgan fingerprint density at radius 1 is 1.43 bits per heavy atom. The maximum absolute atomic E-state index is 11.0. The third kappa shape index (κ3) is 3.93. The molecular formula is C14H14N6OS2. The summed E-state index contributed by atoms with van der Waals surface area (Å²) < 4.78 is 2.68. The van der Waals surface area contributed by atoms with Crippen LogP contribution in [-0.2, 0) is 10.5 Å². The van der Waals surface area contributed by atoms with Gasteiger partial charge in [0.2, 0.25) is 11.0 Å². The van der Waals surface area contributed by atoms with E-state index in [1.54, 1.807) is 24.3 Å². The van der Waals surface area contributed by atoms with Crippen molar-refractivity contribution < 1.29 is 4.79 Å². The minimum Gasteiger partial charge on any atom is -0.301 e. The van der Waals surface area contributed by atoms with Crippen molar-refractivity contribution in [3.05, 3.63) is 42.1 Å². The molecule has 0 saturated carbocycles. The zero-order valence-corrected chi connectivity index (χ0v) is 14.2. The van der Waals surface area contributed by atoms with Crippen molar-refractivity contribution in [2.75, 3.05) is 5.32 Å². The Morgan fingerprint density at radius 2 is 2.30 bits per heavy atom. The fraction of sp³-hybridized carbons (Fsp3) is 0.214. The number of nitrogens with one attached hydrogen (secondary N) is 1. The number of thioether (sulfide) groups is 1. The summed E-state index contributed by atoms with van der Waals surface area (Å²) in [6, 6.07) is 2.03. The van der Waals surface area contributed by atoms with Crippen LogP contribution < -0.4 is 5.32 Å². The molecule has 1 N–H and O–H groups in total. The van der Waals surface area contributed by atoms with E-state index >= 15 is 0 Å². The molecule has 1 amide bonds. The second kappa shape index (κ2) is 6.88. The Labute approximate surface area is 141 Å². The van der Waals surface area contributed by atoms with Crippen molar-refractivity contribution in [2.45, 2.75) is 23.9 Å². The van der Waals surface area contributed by atoms with Gasteiger partial charge in [0.1, 0.15) is 12.1 Å². The number of nitrogens with zero attached hydrogens (tertiary/aromatic N) is 5. The van der Waals surface area contributed by atoms with Crippen LogP contribution in [0.15, 0.2) is 35.3 Å². The number of carbonyl (C=O) groups excluding carboxylic acids is 1. The summed E-state index contributed by atoms with van der Waals surface area (Å²) in [4.78, 5) is 19.5. The van der Waals surface area contributed by atoms with E-state index in [-0.39, 0.29) is 5.91 Å². The monoisotopic (exact) mass is 346 g/mol. The number of amides is 1. The lowest BCUT2D eigenvalue weighted by molar-refractivity contribution is -0.114. The van der Waals surface area contributed by atoms with Crippen LogP contribution >= 0.6 is 23.1 Å². The second-order valence-electron chi connectivity index (χ2n) is 4.78. The average Bonchev–Trinajstić information content (AvgIpc) is 3.17. The molecular weight excluding hydrogens is 332 g/mol. The lowest BCUT2D eigenvalue weighted by Crippen LogP contribution is -2.04. The summed E-state index contributed by atoms with van der Waals surface area (Å²) in [5, 5.41) is 11.1. The van der Waals surface area contributed by atoms with E-state index in [1.165, 1.54) is 18.3 Å². The first-order chi connectivity index (χ1) is 11.1. The number of hydrogen-bond acceptors (Lipinski definition) is 7. The summed E-state index contributed by atoms with van der Waals surface area (Å²) in [5.74, 6) is 1.45. The van der Waals surface area contributed by atoms with E-state index in [9.17, 15) is 4.79 Å². The van der Waals surface area contributed by atoms with Gasteiger partial charge in [-0.1, -0.05) is 23.1 Å². The topological polar surface area (TPSA) is 85.6 Å². The summed E-state index contributed by atoms with van der Waals surface area (Å²) in [6.07, 6.45) is 7.18. The Bertz CT molecular complexity index is 815. The predicted molar refractivity (Wildman–Crippen MR) is 89.9 cm³/mol. The minimum absolute atomic E-state index is 0.146. The smallest absolute Gasteiger partial charge is 0.223 e. The minimum atomic E-state index is -0.146. The van der Waals surface area contributed by atoms with Crippen LogP contribution in [0.3, 0.4) is 0 Å². The van der Waals surface area contributed by atoms with Gasteiger partial charge in [-0.25, -0.2) is 9.97 Å². The van der Waals surface area contributed by atoms with Crippen molar-refractivity contribution in [3.8, 4) is 5.82 Å². The number of anilines is 1. The average molecular weight is 346 g/mol. The summed E-state index contributed by atoms with van der Waals surface area (Å²) in [6.45, 7) is 3.51. The molecule has 0 aliphatic rings. The molecule has 0 aliphatic heterocycles. The molecule has 3 rings (SSSR count). The van der Waals surface area contributed by atoms with Crippen LogP contribution in [0, 0.1) is 6.92 Å². The summed E-state index contributed by atoms with van der Waals surface area (Å²) in [7, 11) is 0. The molecule has 0 saturated heterocycles. The Morgan fingerprint density at radius 3 is 3.00 bits per heavy atom. The SMILES string of the molecule is CC(=O)Nc1nnc(SCc2cnc(-n3ccnc3)cc2C)s1. The van der Waals surface area contributed by atoms with Crippen LogP contribution in [0.25, 0.3) is 5.82 Å². The van der Waals surface area contributed by atoms with E-state index in [1.807, 2.05) is 23.0 Å². The molecule has 0 fully saturated rings. The lowest BCUT2D eigenvalue weighted by Gasteiger charge is -2.07. The first-order valence-electron chi connectivity index (χ1n) is 6.79. The van der Waals surface area contributed by atoms with Gasteiger partial charge in [0.25, 0.3) is 0 Å². The highest BCUT2D eigenvalue weighted by molar-refractivity contribution is 8.00. The predicted octanol–water partition coefficient (Wildman–Crippen LogP) is 2.68. The molecule has 3 heterocycles. The highest BCUT2D eigenvalue weighted by Crippen LogP contribution is 2.29. The molecule has 9 heteroatoms. The van der Waals surface area contributed by atoms with E-state index < -0.39 is 0 Å². The van der Waals surface area contributed by atoms with Crippen LogP contribution in [0.1, 0.15) is 18.1 Å². The van der Waals surface area contributed by atoms with Crippen molar-refractivity contribution in [3.63, 3.8) is 0 Å². The molecule has 0 spiro atoms. The first-order valence-corrected chi connectivity index (χ1v) is 8.60. The number of imidazole rings is 1. The molecule has 0 radical (unpaired) electrons. The highest BCUT2D eigenvalue weighted by atomic mass is 32.2. The molecule has 23 heavy (non-hydrogen) atoms. The molecule has 3 aromatic rings. The van der Waals surface area contributed by atoms with Gasteiger partial charge in [-0.2, -0.15) is 0 Å². The quantitative estimate of drug-likeness (QED) is 0.565. The zero-order chi connectivity index (χ0) is 16.2. The van der Waals surface area contributed by atoms with Crippen LogP contribution in [0.2, 0.25) is 0 Å². The van der Waals surface area contributed by atoms with Gasteiger partial charge in [-0.15, -0.1) is 10.2 Å².